The van der Waals surface area contributed by atoms with Crippen LogP contribution in [0.15, 0.2) is 47.4 Å². The number of nitrogens with zero attached hydrogens (tertiary/aromatic N) is 1. The summed E-state index contributed by atoms with van der Waals surface area (Å²) in [5.41, 5.74) is 2.31. The van der Waals surface area contributed by atoms with Gasteiger partial charge in [0.15, 0.2) is 0 Å². The Kier molecular flexibility index (Phi) is 4.87. The van der Waals surface area contributed by atoms with E-state index in [0.29, 0.717) is 6.07 Å². The van der Waals surface area contributed by atoms with Crippen molar-refractivity contribution >= 4 is 15.7 Å². The minimum atomic E-state index is -4.59. The van der Waals surface area contributed by atoms with E-state index in [4.69, 9.17) is 5.14 Å². The predicted molar refractivity (Wildman–Crippen MR) is 87.0 cm³/mol. The lowest BCUT2D eigenvalue weighted by Gasteiger charge is -2.27. The highest BCUT2D eigenvalue weighted by molar-refractivity contribution is 7.89. The van der Waals surface area contributed by atoms with Crippen LogP contribution in [0, 0.1) is 11.6 Å². The van der Waals surface area contributed by atoms with Crippen molar-refractivity contribution in [3.63, 3.8) is 0 Å². The number of halogens is 5. The fourth-order valence-electron chi connectivity index (χ4n) is 2.93. The zero-order valence-corrected chi connectivity index (χ0v) is 14.4. The number of nitrogens with two attached hydrogens (primary N) is 1. The lowest BCUT2D eigenvalue weighted by molar-refractivity contribution is -0.152. The molecule has 3 N–H and O–H groups in total. The third-order valence-electron chi connectivity index (χ3n) is 4.23. The highest BCUT2D eigenvalue weighted by atomic mass is 32.2. The van der Waals surface area contributed by atoms with Gasteiger partial charge in [0.1, 0.15) is 17.7 Å². The van der Waals surface area contributed by atoms with E-state index in [-0.39, 0.29) is 16.1 Å². The van der Waals surface area contributed by atoms with Gasteiger partial charge in [-0.1, -0.05) is 6.07 Å². The molecule has 0 radical (unpaired) electrons. The van der Waals surface area contributed by atoms with E-state index in [1.807, 2.05) is 0 Å². The maximum absolute atomic E-state index is 14.2. The maximum atomic E-state index is 14.2. The second kappa shape index (κ2) is 6.73. The minimum Gasteiger partial charge on any atom is -0.300 e. The second-order valence-corrected chi connectivity index (χ2v) is 7.61. The van der Waals surface area contributed by atoms with Crippen molar-refractivity contribution in [2.24, 2.45) is 5.14 Å². The van der Waals surface area contributed by atoms with Gasteiger partial charge in [-0.15, -0.1) is 0 Å². The summed E-state index contributed by atoms with van der Waals surface area (Å²) >= 11 is 0. The molecule has 146 valence electrons. The molecular weight excluding hydrogens is 393 g/mol. The number of hydrogen-bond acceptors (Lipinski definition) is 4. The molecule has 11 heteroatoms. The standard InChI is InChI=1S/C16H14F5N3O2S/c17-9-1-6-12(13(18)7-9)14-8-15(16(19,20)21)23-24(14)10-2-4-11(5-3-10)27(22,25)26/h1-7,14-15,23H,8H2,(H2,22,25,26). The zero-order chi connectivity index (χ0) is 20.0. The molecule has 5 nitrogen and oxygen atoms in total. The lowest BCUT2D eigenvalue weighted by atomic mass is 10.00. The molecule has 0 amide bonds. The Morgan fingerprint density at radius 3 is 2.22 bits per heavy atom. The highest BCUT2D eigenvalue weighted by Gasteiger charge is 2.48. The first-order valence-corrected chi connectivity index (χ1v) is 9.21. The van der Waals surface area contributed by atoms with E-state index < -0.39 is 46.3 Å². The van der Waals surface area contributed by atoms with Gasteiger partial charge in [-0.25, -0.2) is 27.8 Å². The van der Waals surface area contributed by atoms with E-state index in [0.717, 1.165) is 29.3 Å². The molecule has 0 aromatic heterocycles. The van der Waals surface area contributed by atoms with Crippen LogP contribution in [0.4, 0.5) is 27.6 Å². The summed E-state index contributed by atoms with van der Waals surface area (Å²) in [4.78, 5) is -0.220. The second-order valence-electron chi connectivity index (χ2n) is 6.05. The fourth-order valence-corrected chi connectivity index (χ4v) is 3.45. The number of hydrazine groups is 1. The van der Waals surface area contributed by atoms with Crippen LogP contribution in [-0.2, 0) is 10.0 Å². The third kappa shape index (κ3) is 4.04. The molecule has 2 aromatic carbocycles. The summed E-state index contributed by atoms with van der Waals surface area (Å²) in [7, 11) is -3.97. The Labute approximate surface area is 151 Å². The first-order valence-electron chi connectivity index (χ1n) is 7.67. The van der Waals surface area contributed by atoms with Crippen molar-refractivity contribution in [1.82, 2.24) is 5.43 Å². The SMILES string of the molecule is NS(=O)(=O)c1ccc(N2NC(C(F)(F)F)CC2c2ccc(F)cc2F)cc1. The molecule has 1 saturated heterocycles. The number of nitrogens with one attached hydrogen (secondary N) is 1. The maximum Gasteiger partial charge on any atom is 0.405 e. The van der Waals surface area contributed by atoms with Crippen LogP contribution in [-0.4, -0.2) is 20.6 Å². The summed E-state index contributed by atoms with van der Waals surface area (Å²) in [5, 5.41) is 6.09. The van der Waals surface area contributed by atoms with Crippen molar-refractivity contribution in [2.45, 2.75) is 29.6 Å². The molecule has 3 rings (SSSR count). The van der Waals surface area contributed by atoms with Gasteiger partial charge in [0.2, 0.25) is 10.0 Å². The largest absolute Gasteiger partial charge is 0.405 e. The first kappa shape index (κ1) is 19.5. The number of alkyl halides is 3. The molecule has 0 spiro atoms. The van der Waals surface area contributed by atoms with Gasteiger partial charge in [-0.2, -0.15) is 13.2 Å². The van der Waals surface area contributed by atoms with Gasteiger partial charge >= 0.3 is 6.18 Å². The quantitative estimate of drug-likeness (QED) is 0.768. The average Bonchev–Trinajstić information content (AvgIpc) is 2.99. The molecule has 0 bridgehead atoms. The smallest absolute Gasteiger partial charge is 0.300 e. The summed E-state index contributed by atoms with van der Waals surface area (Å²) in [6.07, 6.45) is -5.10. The van der Waals surface area contributed by atoms with E-state index in [9.17, 15) is 30.4 Å². The van der Waals surface area contributed by atoms with Gasteiger partial charge in [0, 0.05) is 11.6 Å². The molecule has 1 fully saturated rings. The van der Waals surface area contributed by atoms with E-state index in [2.05, 4.69) is 5.43 Å². The Morgan fingerprint density at radius 1 is 1.07 bits per heavy atom. The topological polar surface area (TPSA) is 75.4 Å². The van der Waals surface area contributed by atoms with Crippen molar-refractivity contribution in [3.05, 3.63) is 59.7 Å². The molecule has 27 heavy (non-hydrogen) atoms. The summed E-state index contributed by atoms with van der Waals surface area (Å²) in [6.45, 7) is 0. The van der Waals surface area contributed by atoms with Crippen LogP contribution < -0.4 is 15.6 Å². The van der Waals surface area contributed by atoms with Gasteiger partial charge in [0.25, 0.3) is 0 Å². The molecule has 1 heterocycles. The number of hydrogen-bond donors (Lipinski definition) is 2. The van der Waals surface area contributed by atoms with E-state index >= 15 is 0 Å². The van der Waals surface area contributed by atoms with Gasteiger partial charge in [-0.3, -0.25) is 0 Å². The van der Waals surface area contributed by atoms with Crippen LogP contribution in [0.2, 0.25) is 0 Å². The molecule has 2 atom stereocenters. The van der Waals surface area contributed by atoms with Crippen LogP contribution in [0.3, 0.4) is 0 Å². The summed E-state index contributed by atoms with van der Waals surface area (Å²) in [5.74, 6) is -1.82. The number of benzene rings is 2. The zero-order valence-electron chi connectivity index (χ0n) is 13.5. The number of sulfonamides is 1. The molecular formula is C16H14F5N3O2S. The van der Waals surface area contributed by atoms with Crippen molar-refractivity contribution < 1.29 is 30.4 Å². The average molecular weight is 407 g/mol. The van der Waals surface area contributed by atoms with Crippen LogP contribution in [0.1, 0.15) is 18.0 Å². The Balaban J connectivity index is 2.01. The van der Waals surface area contributed by atoms with Crippen molar-refractivity contribution in [1.29, 1.82) is 0 Å². The van der Waals surface area contributed by atoms with E-state index in [1.165, 1.54) is 12.1 Å². The van der Waals surface area contributed by atoms with Crippen LogP contribution in [0.5, 0.6) is 0 Å². The van der Waals surface area contributed by atoms with Gasteiger partial charge in [0.05, 0.1) is 16.6 Å². The van der Waals surface area contributed by atoms with Crippen LogP contribution >= 0.6 is 0 Å². The Bertz CT molecular complexity index is 948. The van der Waals surface area contributed by atoms with E-state index in [1.54, 1.807) is 0 Å². The number of anilines is 1. The number of rotatable bonds is 3. The summed E-state index contributed by atoms with van der Waals surface area (Å²) in [6, 6.07) is 4.36. The monoisotopic (exact) mass is 407 g/mol. The molecule has 2 aromatic rings. The van der Waals surface area contributed by atoms with Gasteiger partial charge < -0.3 is 5.01 Å². The van der Waals surface area contributed by atoms with Crippen LogP contribution in [0.25, 0.3) is 0 Å². The molecule has 1 aliphatic heterocycles. The Hall–Kier alpha value is -2.24. The predicted octanol–water partition coefficient (Wildman–Crippen LogP) is 3.00. The molecule has 2 unspecified atom stereocenters. The van der Waals surface area contributed by atoms with Crippen molar-refractivity contribution in [2.75, 3.05) is 5.01 Å². The lowest BCUT2D eigenvalue weighted by Crippen LogP contribution is -2.43. The molecule has 0 saturated carbocycles. The molecule has 1 aliphatic rings. The third-order valence-corrected chi connectivity index (χ3v) is 5.15. The normalized spacial score (nSPS) is 20.9. The molecule has 0 aliphatic carbocycles. The van der Waals surface area contributed by atoms with Crippen molar-refractivity contribution in [3.8, 4) is 0 Å². The highest BCUT2D eigenvalue weighted by Crippen LogP contribution is 2.40. The minimum absolute atomic E-state index is 0.119. The Morgan fingerprint density at radius 2 is 1.70 bits per heavy atom. The first-order chi connectivity index (χ1) is 12.5. The summed E-state index contributed by atoms with van der Waals surface area (Å²) < 4.78 is 89.5. The number of primary sulfonamides is 1. The fraction of sp³-hybridized carbons (Fsp3) is 0.250. The van der Waals surface area contributed by atoms with Gasteiger partial charge in [-0.05, 0) is 36.8 Å².